The molecule has 1 N–H and O–H groups in total. The van der Waals surface area contributed by atoms with Crippen molar-refractivity contribution >= 4 is 0 Å². The van der Waals surface area contributed by atoms with Crippen LogP contribution in [0.3, 0.4) is 0 Å². The van der Waals surface area contributed by atoms with Gasteiger partial charge in [-0.2, -0.15) is 13.2 Å². The van der Waals surface area contributed by atoms with Crippen molar-refractivity contribution in [3.8, 4) is 5.75 Å². The molecule has 0 saturated carbocycles. The normalized spacial score (nSPS) is 13.5. The zero-order chi connectivity index (χ0) is 12.9. The maximum absolute atomic E-state index is 12.4. The third-order valence-electron chi connectivity index (χ3n) is 2.18. The first kappa shape index (κ1) is 13.8. The van der Waals surface area contributed by atoms with Crippen LogP contribution in [-0.2, 0) is 6.18 Å². The highest BCUT2D eigenvalue weighted by atomic mass is 19.4. The Bertz CT molecular complexity index is 352. The van der Waals surface area contributed by atoms with Crippen molar-refractivity contribution in [1.82, 2.24) is 5.32 Å². The van der Waals surface area contributed by atoms with Crippen LogP contribution in [0.4, 0.5) is 13.2 Å². The van der Waals surface area contributed by atoms with Crippen molar-refractivity contribution in [2.75, 3.05) is 13.1 Å². The molecule has 0 aliphatic heterocycles. The summed E-state index contributed by atoms with van der Waals surface area (Å²) < 4.78 is 42.7. The van der Waals surface area contributed by atoms with Crippen LogP contribution in [0.1, 0.15) is 19.4 Å². The topological polar surface area (TPSA) is 21.3 Å². The van der Waals surface area contributed by atoms with Gasteiger partial charge in [-0.15, -0.1) is 0 Å². The Labute approximate surface area is 98.8 Å². The molecule has 0 fully saturated rings. The Morgan fingerprint density at radius 3 is 2.65 bits per heavy atom. The summed E-state index contributed by atoms with van der Waals surface area (Å²) in [5, 5.41) is 3.07. The van der Waals surface area contributed by atoms with E-state index in [9.17, 15) is 13.2 Å². The Morgan fingerprint density at radius 1 is 1.35 bits per heavy atom. The molecule has 0 heterocycles. The second-order valence-corrected chi connectivity index (χ2v) is 3.76. The minimum Gasteiger partial charge on any atom is -0.489 e. The van der Waals surface area contributed by atoms with Gasteiger partial charge in [0.1, 0.15) is 11.9 Å². The van der Waals surface area contributed by atoms with Crippen LogP contribution in [0.25, 0.3) is 0 Å². The molecule has 0 aromatic heterocycles. The van der Waals surface area contributed by atoms with Gasteiger partial charge in [0.15, 0.2) is 0 Å². The van der Waals surface area contributed by atoms with Crippen LogP contribution >= 0.6 is 0 Å². The van der Waals surface area contributed by atoms with Gasteiger partial charge in [-0.05, 0) is 31.7 Å². The molecule has 1 rings (SSSR count). The Hall–Kier alpha value is -1.23. The zero-order valence-corrected chi connectivity index (χ0v) is 9.84. The second kappa shape index (κ2) is 5.91. The summed E-state index contributed by atoms with van der Waals surface area (Å²) in [5.41, 5.74) is -0.689. The second-order valence-electron chi connectivity index (χ2n) is 3.76. The Balaban J connectivity index is 2.66. The van der Waals surface area contributed by atoms with E-state index >= 15 is 0 Å². The van der Waals surface area contributed by atoms with Crippen molar-refractivity contribution in [3.05, 3.63) is 29.8 Å². The van der Waals surface area contributed by atoms with E-state index in [2.05, 4.69) is 5.32 Å². The maximum atomic E-state index is 12.4. The van der Waals surface area contributed by atoms with Gasteiger partial charge < -0.3 is 10.1 Å². The van der Waals surface area contributed by atoms with Crippen molar-refractivity contribution < 1.29 is 17.9 Å². The summed E-state index contributed by atoms with van der Waals surface area (Å²) in [4.78, 5) is 0. The number of ether oxygens (including phenoxy) is 1. The largest absolute Gasteiger partial charge is 0.489 e. The first-order valence-corrected chi connectivity index (χ1v) is 5.48. The van der Waals surface area contributed by atoms with Gasteiger partial charge in [-0.1, -0.05) is 13.0 Å². The number of benzene rings is 1. The SMILES string of the molecule is CCNCC(C)Oc1cccc(C(F)(F)F)c1. The molecule has 5 heteroatoms. The molecule has 0 amide bonds. The fraction of sp³-hybridized carbons (Fsp3) is 0.500. The van der Waals surface area contributed by atoms with Crippen LogP contribution in [0.5, 0.6) is 5.75 Å². The predicted octanol–water partition coefficient (Wildman–Crippen LogP) is 3.08. The molecule has 17 heavy (non-hydrogen) atoms. The third kappa shape index (κ3) is 4.65. The van der Waals surface area contributed by atoms with E-state index < -0.39 is 11.7 Å². The fourth-order valence-electron chi connectivity index (χ4n) is 1.37. The van der Waals surface area contributed by atoms with Crippen molar-refractivity contribution in [1.29, 1.82) is 0 Å². The van der Waals surface area contributed by atoms with Crippen molar-refractivity contribution in [3.63, 3.8) is 0 Å². The number of alkyl halides is 3. The van der Waals surface area contributed by atoms with Gasteiger partial charge in [0, 0.05) is 6.54 Å². The summed E-state index contributed by atoms with van der Waals surface area (Å²) in [7, 11) is 0. The molecule has 1 aromatic rings. The van der Waals surface area contributed by atoms with E-state index in [1.54, 1.807) is 0 Å². The van der Waals surface area contributed by atoms with Crippen LogP contribution in [-0.4, -0.2) is 19.2 Å². The van der Waals surface area contributed by atoms with E-state index in [0.717, 1.165) is 18.7 Å². The zero-order valence-electron chi connectivity index (χ0n) is 9.84. The van der Waals surface area contributed by atoms with Gasteiger partial charge in [0.2, 0.25) is 0 Å². The molecule has 2 nitrogen and oxygen atoms in total. The molecule has 0 spiro atoms. The van der Waals surface area contributed by atoms with Crippen LogP contribution in [0, 0.1) is 0 Å². The van der Waals surface area contributed by atoms with Gasteiger partial charge in [0.25, 0.3) is 0 Å². The molecule has 0 bridgehead atoms. The van der Waals surface area contributed by atoms with Gasteiger partial charge >= 0.3 is 6.18 Å². The Morgan fingerprint density at radius 2 is 2.06 bits per heavy atom. The number of hydrogen-bond donors (Lipinski definition) is 1. The standard InChI is InChI=1S/C12H16F3NO/c1-3-16-8-9(2)17-11-6-4-5-10(7-11)12(13,14)15/h4-7,9,16H,3,8H2,1-2H3. The lowest BCUT2D eigenvalue weighted by Crippen LogP contribution is -2.28. The van der Waals surface area contributed by atoms with Gasteiger partial charge in [-0.25, -0.2) is 0 Å². The summed E-state index contributed by atoms with van der Waals surface area (Å²) in [5.74, 6) is 0.241. The third-order valence-corrected chi connectivity index (χ3v) is 2.18. The number of nitrogens with one attached hydrogen (secondary N) is 1. The van der Waals surface area contributed by atoms with Gasteiger partial charge in [0.05, 0.1) is 5.56 Å². The number of rotatable bonds is 5. The predicted molar refractivity (Wildman–Crippen MR) is 60.1 cm³/mol. The lowest BCUT2D eigenvalue weighted by molar-refractivity contribution is -0.137. The van der Waals surface area contributed by atoms with Crippen molar-refractivity contribution in [2.24, 2.45) is 0 Å². The fourth-order valence-corrected chi connectivity index (χ4v) is 1.37. The highest BCUT2D eigenvalue weighted by molar-refractivity contribution is 5.30. The van der Waals surface area contributed by atoms with E-state index in [1.165, 1.54) is 12.1 Å². The quantitative estimate of drug-likeness (QED) is 0.863. The number of likely N-dealkylation sites (N-methyl/N-ethyl adjacent to an activating group) is 1. The monoisotopic (exact) mass is 247 g/mol. The average molecular weight is 247 g/mol. The first-order chi connectivity index (χ1) is 7.93. The molecular formula is C12H16F3NO. The minimum atomic E-state index is -4.33. The molecule has 96 valence electrons. The summed E-state index contributed by atoms with van der Waals surface area (Å²) in [6.07, 6.45) is -4.50. The van der Waals surface area contributed by atoms with Crippen molar-refractivity contribution in [2.45, 2.75) is 26.1 Å². The molecule has 1 atom stereocenters. The summed E-state index contributed by atoms with van der Waals surface area (Å²) >= 11 is 0. The molecule has 1 unspecified atom stereocenters. The smallest absolute Gasteiger partial charge is 0.416 e. The summed E-state index contributed by atoms with van der Waals surface area (Å²) in [6.45, 7) is 5.17. The minimum absolute atomic E-state index is 0.168. The first-order valence-electron chi connectivity index (χ1n) is 5.48. The van der Waals surface area contributed by atoms with E-state index in [-0.39, 0.29) is 11.9 Å². The highest BCUT2D eigenvalue weighted by Gasteiger charge is 2.30. The van der Waals surface area contributed by atoms with E-state index in [1.807, 2.05) is 13.8 Å². The lowest BCUT2D eigenvalue weighted by atomic mass is 10.2. The molecule has 0 aliphatic carbocycles. The van der Waals surface area contributed by atoms with E-state index in [0.29, 0.717) is 6.54 Å². The molecule has 0 saturated heterocycles. The molecule has 1 aromatic carbocycles. The molecule has 0 radical (unpaired) electrons. The number of halogens is 3. The van der Waals surface area contributed by atoms with E-state index in [4.69, 9.17) is 4.74 Å². The number of hydrogen-bond acceptors (Lipinski definition) is 2. The lowest BCUT2D eigenvalue weighted by Gasteiger charge is -2.16. The Kier molecular flexibility index (Phi) is 4.81. The summed E-state index contributed by atoms with van der Waals surface area (Å²) in [6, 6.07) is 4.92. The van der Waals surface area contributed by atoms with Gasteiger partial charge in [-0.3, -0.25) is 0 Å². The van der Waals surface area contributed by atoms with Crippen LogP contribution < -0.4 is 10.1 Å². The highest BCUT2D eigenvalue weighted by Crippen LogP contribution is 2.31. The average Bonchev–Trinajstić information content (AvgIpc) is 2.25. The molecular weight excluding hydrogens is 231 g/mol. The van der Waals surface area contributed by atoms with Crippen LogP contribution in [0.2, 0.25) is 0 Å². The van der Waals surface area contributed by atoms with Crippen LogP contribution in [0.15, 0.2) is 24.3 Å². The molecule has 0 aliphatic rings. The maximum Gasteiger partial charge on any atom is 0.416 e.